The van der Waals surface area contributed by atoms with E-state index in [1.54, 1.807) is 40.6 Å². The maximum atomic E-state index is 9.80. The van der Waals surface area contributed by atoms with Gasteiger partial charge in [-0.25, -0.2) is 4.98 Å². The summed E-state index contributed by atoms with van der Waals surface area (Å²) in [6.07, 6.45) is 0. The van der Waals surface area contributed by atoms with Gasteiger partial charge >= 0.3 is 0 Å². The zero-order valence-electron chi connectivity index (χ0n) is 20.5. The van der Waals surface area contributed by atoms with Crippen molar-refractivity contribution < 1.29 is 18.9 Å². The number of nitrogens with two attached hydrogens (primary N) is 1. The monoisotopic (exact) mass is 482 g/mol. The van der Waals surface area contributed by atoms with Crippen molar-refractivity contribution >= 4 is 17.2 Å². The molecule has 1 aromatic heterocycles. The normalized spacial score (nSPS) is 10.3. The van der Waals surface area contributed by atoms with Crippen LogP contribution < -0.4 is 30.0 Å². The molecule has 182 valence electrons. The highest BCUT2D eigenvalue weighted by Gasteiger charge is 2.18. The molecule has 1 heterocycles. The Hall–Kier alpha value is -4.90. The second kappa shape index (κ2) is 10.6. The van der Waals surface area contributed by atoms with E-state index in [2.05, 4.69) is 16.4 Å². The van der Waals surface area contributed by atoms with Crippen LogP contribution in [0.15, 0.2) is 66.7 Å². The topological polar surface area (TPSA) is 112 Å². The molecule has 3 N–H and O–H groups in total. The average molecular weight is 483 g/mol. The summed E-state index contributed by atoms with van der Waals surface area (Å²) in [5.41, 5.74) is 11.1. The molecule has 0 saturated heterocycles. The molecule has 0 aliphatic rings. The zero-order valence-corrected chi connectivity index (χ0v) is 20.5. The third-order valence-corrected chi connectivity index (χ3v) is 5.69. The van der Waals surface area contributed by atoms with Crippen molar-refractivity contribution in [2.24, 2.45) is 0 Å². The van der Waals surface area contributed by atoms with E-state index < -0.39 is 0 Å². The quantitative estimate of drug-likeness (QED) is 0.331. The molecule has 0 aliphatic heterocycles. The van der Waals surface area contributed by atoms with Gasteiger partial charge in [-0.1, -0.05) is 12.1 Å². The number of nitrogen functional groups attached to an aromatic ring is 1. The molecule has 4 aromatic rings. The van der Waals surface area contributed by atoms with E-state index in [1.165, 1.54) is 0 Å². The van der Waals surface area contributed by atoms with Gasteiger partial charge in [0.05, 0.1) is 34.1 Å². The van der Waals surface area contributed by atoms with Crippen molar-refractivity contribution in [2.75, 3.05) is 39.5 Å². The van der Waals surface area contributed by atoms with Crippen LogP contribution in [0.1, 0.15) is 5.56 Å². The van der Waals surface area contributed by atoms with Crippen LogP contribution in [-0.2, 0) is 0 Å². The van der Waals surface area contributed by atoms with E-state index in [0.717, 1.165) is 22.7 Å². The first-order valence-electron chi connectivity index (χ1n) is 11.0. The third kappa shape index (κ3) is 4.81. The SMILES string of the molecule is COc1ccc(Nc2ccc(-c3cc(-c4cc(OC)c(OC)c(OC)c4)nc(N)c3C#N)cc2)cc1. The highest BCUT2D eigenvalue weighted by Crippen LogP contribution is 2.42. The van der Waals surface area contributed by atoms with Crippen LogP contribution in [0.25, 0.3) is 22.4 Å². The fraction of sp³-hybridized carbons (Fsp3) is 0.143. The van der Waals surface area contributed by atoms with Crippen LogP contribution in [0.5, 0.6) is 23.0 Å². The number of anilines is 3. The molecule has 0 spiro atoms. The van der Waals surface area contributed by atoms with E-state index >= 15 is 0 Å². The summed E-state index contributed by atoms with van der Waals surface area (Å²) in [4.78, 5) is 4.47. The predicted octanol–water partition coefficient (Wildman–Crippen LogP) is 5.65. The summed E-state index contributed by atoms with van der Waals surface area (Å²) in [6.45, 7) is 0. The lowest BCUT2D eigenvalue weighted by atomic mass is 9.98. The summed E-state index contributed by atoms with van der Waals surface area (Å²) in [7, 11) is 6.28. The Morgan fingerprint density at radius 3 is 1.83 bits per heavy atom. The molecule has 36 heavy (non-hydrogen) atoms. The van der Waals surface area contributed by atoms with Crippen LogP contribution in [0.3, 0.4) is 0 Å². The highest BCUT2D eigenvalue weighted by atomic mass is 16.5. The van der Waals surface area contributed by atoms with Crippen LogP contribution >= 0.6 is 0 Å². The van der Waals surface area contributed by atoms with Gasteiger partial charge in [0.25, 0.3) is 0 Å². The number of hydrogen-bond donors (Lipinski definition) is 2. The van der Waals surface area contributed by atoms with E-state index in [9.17, 15) is 5.26 Å². The number of benzene rings is 3. The van der Waals surface area contributed by atoms with Crippen molar-refractivity contribution in [2.45, 2.75) is 0 Å². The molecule has 0 unspecified atom stereocenters. The predicted molar refractivity (Wildman–Crippen MR) is 140 cm³/mol. The molecule has 0 aliphatic carbocycles. The lowest BCUT2D eigenvalue weighted by Gasteiger charge is -2.15. The van der Waals surface area contributed by atoms with Crippen LogP contribution in [0, 0.1) is 11.3 Å². The molecular formula is C28H26N4O4. The van der Waals surface area contributed by atoms with Gasteiger partial charge in [-0.15, -0.1) is 0 Å². The number of ether oxygens (including phenoxy) is 4. The molecule has 4 rings (SSSR count). The number of nitrogens with one attached hydrogen (secondary N) is 1. The van der Waals surface area contributed by atoms with E-state index in [0.29, 0.717) is 39.6 Å². The minimum Gasteiger partial charge on any atom is -0.497 e. The smallest absolute Gasteiger partial charge is 0.203 e. The Morgan fingerprint density at radius 1 is 0.750 bits per heavy atom. The first kappa shape index (κ1) is 24.2. The molecule has 3 aromatic carbocycles. The fourth-order valence-corrected chi connectivity index (χ4v) is 3.86. The molecule has 0 amide bonds. The number of nitriles is 1. The first-order valence-corrected chi connectivity index (χ1v) is 11.0. The minimum absolute atomic E-state index is 0.138. The summed E-state index contributed by atoms with van der Waals surface area (Å²) in [6, 6.07) is 23.0. The summed E-state index contributed by atoms with van der Waals surface area (Å²) < 4.78 is 21.6. The van der Waals surface area contributed by atoms with Crippen LogP contribution in [0.4, 0.5) is 17.2 Å². The molecule has 8 nitrogen and oxygen atoms in total. The number of hydrogen-bond acceptors (Lipinski definition) is 8. The summed E-state index contributed by atoms with van der Waals surface area (Å²) in [5, 5.41) is 13.1. The molecule has 0 fully saturated rings. The number of aromatic nitrogens is 1. The van der Waals surface area contributed by atoms with Crippen LogP contribution in [0.2, 0.25) is 0 Å². The van der Waals surface area contributed by atoms with Gasteiger partial charge in [0.2, 0.25) is 5.75 Å². The Bertz CT molecular complexity index is 1390. The highest BCUT2D eigenvalue weighted by molar-refractivity contribution is 5.82. The van der Waals surface area contributed by atoms with Crippen molar-refractivity contribution in [3.63, 3.8) is 0 Å². The Balaban J connectivity index is 1.72. The van der Waals surface area contributed by atoms with E-state index in [1.807, 2.05) is 54.6 Å². The molecule has 0 saturated carbocycles. The average Bonchev–Trinajstić information content (AvgIpc) is 2.92. The lowest BCUT2D eigenvalue weighted by Crippen LogP contribution is -2.01. The standard InChI is InChI=1S/C28H26N4O4/c1-33-21-11-9-20(10-12-21)31-19-7-5-17(6-8-19)22-15-24(32-28(30)23(22)16-29)18-13-25(34-2)27(36-4)26(14-18)35-3/h5-15,31H,1-4H3,(H2,30,32). The third-order valence-electron chi connectivity index (χ3n) is 5.69. The van der Waals surface area contributed by atoms with Gasteiger partial charge in [0.15, 0.2) is 11.5 Å². The van der Waals surface area contributed by atoms with Gasteiger partial charge < -0.3 is 30.0 Å². The second-order valence-corrected chi connectivity index (χ2v) is 7.77. The number of nitrogens with zero attached hydrogens (tertiary/aromatic N) is 2. The van der Waals surface area contributed by atoms with E-state index in [-0.39, 0.29) is 5.82 Å². The first-order chi connectivity index (χ1) is 17.5. The summed E-state index contributed by atoms with van der Waals surface area (Å²) >= 11 is 0. The largest absolute Gasteiger partial charge is 0.497 e. The number of methoxy groups -OCH3 is 4. The van der Waals surface area contributed by atoms with Gasteiger partial charge in [-0.3, -0.25) is 0 Å². The van der Waals surface area contributed by atoms with Crippen molar-refractivity contribution in [1.29, 1.82) is 5.26 Å². The molecular weight excluding hydrogens is 456 g/mol. The van der Waals surface area contributed by atoms with Gasteiger partial charge in [-0.05, 0) is 60.2 Å². The second-order valence-electron chi connectivity index (χ2n) is 7.77. The van der Waals surface area contributed by atoms with Gasteiger partial charge in [-0.2, -0.15) is 5.26 Å². The zero-order chi connectivity index (χ0) is 25.7. The van der Waals surface area contributed by atoms with Gasteiger partial charge in [0.1, 0.15) is 23.2 Å². The Morgan fingerprint density at radius 2 is 1.33 bits per heavy atom. The van der Waals surface area contributed by atoms with Crippen molar-refractivity contribution in [3.8, 4) is 51.5 Å². The van der Waals surface area contributed by atoms with Crippen molar-refractivity contribution in [3.05, 3.63) is 72.3 Å². The molecule has 8 heteroatoms. The maximum Gasteiger partial charge on any atom is 0.203 e. The van der Waals surface area contributed by atoms with Crippen LogP contribution in [-0.4, -0.2) is 33.4 Å². The Kier molecular flexibility index (Phi) is 7.12. The molecule has 0 atom stereocenters. The minimum atomic E-state index is 0.138. The molecule has 0 bridgehead atoms. The fourth-order valence-electron chi connectivity index (χ4n) is 3.86. The van der Waals surface area contributed by atoms with Gasteiger partial charge in [0, 0.05) is 22.5 Å². The number of pyridine rings is 1. The lowest BCUT2D eigenvalue weighted by molar-refractivity contribution is 0.324. The number of rotatable bonds is 8. The Labute approximate surface area is 209 Å². The molecule has 0 radical (unpaired) electrons. The summed E-state index contributed by atoms with van der Waals surface area (Å²) in [5.74, 6) is 2.39. The maximum absolute atomic E-state index is 9.80. The van der Waals surface area contributed by atoms with E-state index in [4.69, 9.17) is 24.7 Å². The van der Waals surface area contributed by atoms with Crippen molar-refractivity contribution in [1.82, 2.24) is 4.98 Å².